The van der Waals surface area contributed by atoms with Crippen molar-refractivity contribution in [2.45, 2.75) is 19.8 Å². The summed E-state index contributed by atoms with van der Waals surface area (Å²) >= 11 is 0. The summed E-state index contributed by atoms with van der Waals surface area (Å²) in [5.74, 6) is 0. The zero-order chi connectivity index (χ0) is 6.69. The molecule has 0 atom stereocenters. The van der Waals surface area contributed by atoms with Gasteiger partial charge in [0, 0.05) is 0 Å². The van der Waals surface area contributed by atoms with Crippen LogP contribution in [0.15, 0.2) is 36.0 Å². The Morgan fingerprint density at radius 2 is 2.56 bits per heavy atom. The van der Waals surface area contributed by atoms with Crippen LogP contribution in [0.3, 0.4) is 0 Å². The van der Waals surface area contributed by atoms with E-state index in [4.69, 9.17) is 0 Å². The van der Waals surface area contributed by atoms with Crippen LogP contribution in [0.25, 0.3) is 0 Å². The van der Waals surface area contributed by atoms with Gasteiger partial charge in [-0.1, -0.05) is 37.3 Å². The van der Waals surface area contributed by atoms with Crippen LogP contribution in [0.5, 0.6) is 0 Å². The Morgan fingerprint density at radius 1 is 1.78 bits per heavy atom. The highest BCUT2D eigenvalue weighted by Gasteiger charge is 2.00. The number of allylic oxidation sites excluding steroid dienone is 5. The molecule has 1 rings (SSSR count). The smallest absolute Gasteiger partial charge is 0.00918 e. The molecule has 9 heavy (non-hydrogen) atoms. The van der Waals surface area contributed by atoms with Crippen LogP contribution < -0.4 is 0 Å². The van der Waals surface area contributed by atoms with Crippen molar-refractivity contribution in [1.29, 1.82) is 0 Å². The summed E-state index contributed by atoms with van der Waals surface area (Å²) in [5, 5.41) is 0. The van der Waals surface area contributed by atoms with E-state index >= 15 is 0 Å². The van der Waals surface area contributed by atoms with Crippen LogP contribution in [-0.2, 0) is 0 Å². The maximum atomic E-state index is 3.95. The Kier molecular flexibility index (Phi) is 1.88. The Bertz CT molecular complexity index is 170. The van der Waals surface area contributed by atoms with E-state index in [1.807, 2.05) is 0 Å². The van der Waals surface area contributed by atoms with E-state index in [-0.39, 0.29) is 0 Å². The van der Waals surface area contributed by atoms with E-state index < -0.39 is 0 Å². The minimum absolute atomic E-state index is 1.08. The molecule has 0 aromatic carbocycles. The number of rotatable bonds is 2. The van der Waals surface area contributed by atoms with Crippen LogP contribution in [0.2, 0.25) is 0 Å². The van der Waals surface area contributed by atoms with Gasteiger partial charge in [0.2, 0.25) is 0 Å². The monoisotopic (exact) mass is 120 g/mol. The van der Waals surface area contributed by atoms with Crippen LogP contribution in [0, 0.1) is 0 Å². The third-order valence-electron chi connectivity index (χ3n) is 1.65. The first kappa shape index (κ1) is 6.34. The lowest BCUT2D eigenvalue weighted by Crippen LogP contribution is -1.80. The van der Waals surface area contributed by atoms with E-state index in [2.05, 4.69) is 31.7 Å². The van der Waals surface area contributed by atoms with Crippen molar-refractivity contribution < 1.29 is 0 Å². The van der Waals surface area contributed by atoms with Crippen molar-refractivity contribution >= 4 is 0 Å². The summed E-state index contributed by atoms with van der Waals surface area (Å²) < 4.78 is 0. The Balaban J connectivity index is 2.55. The summed E-state index contributed by atoms with van der Waals surface area (Å²) in [4.78, 5) is 0. The van der Waals surface area contributed by atoms with Gasteiger partial charge in [-0.3, -0.25) is 0 Å². The maximum absolute atomic E-state index is 3.95. The lowest BCUT2D eigenvalue weighted by atomic mass is 10.1. The molecule has 0 amide bonds. The van der Waals surface area contributed by atoms with Gasteiger partial charge in [-0.15, -0.1) is 0 Å². The fourth-order valence-corrected chi connectivity index (χ4v) is 0.936. The molecule has 1 aliphatic rings. The first-order valence-corrected chi connectivity index (χ1v) is 3.38. The van der Waals surface area contributed by atoms with Gasteiger partial charge in [-0.25, -0.2) is 0 Å². The fraction of sp³-hybridized carbons (Fsp3) is 0.333. The maximum Gasteiger partial charge on any atom is -0.00918 e. The number of hydrogen-bond acceptors (Lipinski definition) is 0. The SMILES string of the molecule is C=C(CC)C1=CC=CC1. The normalized spacial score (nSPS) is 15.9. The molecule has 0 saturated heterocycles. The minimum Gasteiger partial charge on any atom is -0.0956 e. The second kappa shape index (κ2) is 2.67. The molecule has 0 N–H and O–H groups in total. The second-order valence-corrected chi connectivity index (χ2v) is 2.28. The van der Waals surface area contributed by atoms with Crippen molar-refractivity contribution in [3.63, 3.8) is 0 Å². The van der Waals surface area contributed by atoms with Crippen molar-refractivity contribution in [2.24, 2.45) is 0 Å². The summed E-state index contributed by atoms with van der Waals surface area (Å²) in [7, 11) is 0. The van der Waals surface area contributed by atoms with Crippen LogP contribution >= 0.6 is 0 Å². The number of hydrogen-bond donors (Lipinski definition) is 0. The molecule has 0 aromatic rings. The van der Waals surface area contributed by atoms with Gasteiger partial charge in [0.25, 0.3) is 0 Å². The highest BCUT2D eigenvalue weighted by atomic mass is 14.1. The first-order chi connectivity index (χ1) is 4.34. The van der Waals surface area contributed by atoms with Crippen molar-refractivity contribution in [1.82, 2.24) is 0 Å². The van der Waals surface area contributed by atoms with E-state index in [0.29, 0.717) is 0 Å². The third-order valence-corrected chi connectivity index (χ3v) is 1.65. The summed E-state index contributed by atoms with van der Waals surface area (Å²) in [6.07, 6.45) is 8.57. The lowest BCUT2D eigenvalue weighted by molar-refractivity contribution is 1.09. The molecule has 0 bridgehead atoms. The molecular weight excluding hydrogens is 108 g/mol. The quantitative estimate of drug-likeness (QED) is 0.525. The van der Waals surface area contributed by atoms with Gasteiger partial charge in [0.15, 0.2) is 0 Å². The molecule has 0 saturated carbocycles. The topological polar surface area (TPSA) is 0 Å². The average molecular weight is 120 g/mol. The van der Waals surface area contributed by atoms with Gasteiger partial charge in [0.05, 0.1) is 0 Å². The lowest BCUT2D eigenvalue weighted by Gasteiger charge is -2.00. The first-order valence-electron chi connectivity index (χ1n) is 3.38. The van der Waals surface area contributed by atoms with Gasteiger partial charge in [0.1, 0.15) is 0 Å². The summed E-state index contributed by atoms with van der Waals surface area (Å²) in [6, 6.07) is 0. The Morgan fingerprint density at radius 3 is 3.00 bits per heavy atom. The predicted octanol–water partition coefficient (Wildman–Crippen LogP) is 2.84. The van der Waals surface area contributed by atoms with Crippen molar-refractivity contribution in [3.05, 3.63) is 36.0 Å². The molecule has 0 fully saturated rings. The van der Waals surface area contributed by atoms with E-state index in [9.17, 15) is 0 Å². The molecule has 0 radical (unpaired) electrons. The standard InChI is InChI=1S/C9H12/c1-3-8(2)9-6-4-5-7-9/h4-6H,2-3,7H2,1H3. The van der Waals surface area contributed by atoms with E-state index in [1.54, 1.807) is 0 Å². The molecule has 0 aromatic heterocycles. The highest BCUT2D eigenvalue weighted by Crippen LogP contribution is 2.19. The zero-order valence-electron chi connectivity index (χ0n) is 5.85. The van der Waals surface area contributed by atoms with Gasteiger partial charge in [-0.2, -0.15) is 0 Å². The Hall–Kier alpha value is -0.780. The molecule has 48 valence electrons. The molecule has 0 heteroatoms. The molecule has 0 nitrogen and oxygen atoms in total. The zero-order valence-corrected chi connectivity index (χ0v) is 5.85. The Labute approximate surface area is 56.6 Å². The van der Waals surface area contributed by atoms with E-state index in [1.165, 1.54) is 11.1 Å². The largest absolute Gasteiger partial charge is 0.0956 e. The van der Waals surface area contributed by atoms with Gasteiger partial charge < -0.3 is 0 Å². The molecule has 0 spiro atoms. The fourth-order valence-electron chi connectivity index (χ4n) is 0.936. The molecular formula is C9H12. The third kappa shape index (κ3) is 1.32. The van der Waals surface area contributed by atoms with Crippen LogP contribution in [-0.4, -0.2) is 0 Å². The minimum atomic E-state index is 1.08. The van der Waals surface area contributed by atoms with Crippen molar-refractivity contribution in [2.75, 3.05) is 0 Å². The average Bonchev–Trinajstić information content (AvgIpc) is 2.37. The molecule has 0 aliphatic heterocycles. The van der Waals surface area contributed by atoms with Crippen LogP contribution in [0.4, 0.5) is 0 Å². The molecule has 0 unspecified atom stereocenters. The summed E-state index contributed by atoms with van der Waals surface area (Å²) in [5.41, 5.74) is 2.68. The highest BCUT2D eigenvalue weighted by molar-refractivity contribution is 5.37. The van der Waals surface area contributed by atoms with E-state index in [0.717, 1.165) is 12.8 Å². The van der Waals surface area contributed by atoms with Gasteiger partial charge in [-0.05, 0) is 18.4 Å². The van der Waals surface area contributed by atoms with Crippen LogP contribution in [0.1, 0.15) is 19.8 Å². The van der Waals surface area contributed by atoms with Gasteiger partial charge >= 0.3 is 0 Å². The second-order valence-electron chi connectivity index (χ2n) is 2.28. The molecule has 1 aliphatic carbocycles. The summed E-state index contributed by atoms with van der Waals surface area (Å²) in [6.45, 7) is 6.09. The van der Waals surface area contributed by atoms with Crippen molar-refractivity contribution in [3.8, 4) is 0 Å². The predicted molar refractivity (Wildman–Crippen MR) is 41.3 cm³/mol. The molecule has 0 heterocycles.